The maximum atomic E-state index is 11.1. The highest BCUT2D eigenvalue weighted by molar-refractivity contribution is 5.91. The first-order valence-electron chi connectivity index (χ1n) is 4.77. The molecule has 0 aliphatic rings. The van der Waals surface area contributed by atoms with E-state index in [0.717, 1.165) is 5.69 Å². The number of pyridine rings is 1. The molecular formula is C11H10N4O. The van der Waals surface area contributed by atoms with E-state index < -0.39 is 5.91 Å². The highest BCUT2D eigenvalue weighted by Crippen LogP contribution is 2.07. The van der Waals surface area contributed by atoms with Crippen molar-refractivity contribution in [3.8, 4) is 0 Å². The number of primary amides is 1. The molecule has 2 aromatic heterocycles. The molecule has 0 aromatic carbocycles. The lowest BCUT2D eigenvalue weighted by atomic mass is 10.1. The highest BCUT2D eigenvalue weighted by Gasteiger charge is 2.11. The summed E-state index contributed by atoms with van der Waals surface area (Å²) in [7, 11) is 0. The minimum absolute atomic E-state index is 0.202. The topological polar surface area (TPSA) is 81.8 Å². The number of hydrogen-bond acceptors (Lipinski definition) is 4. The van der Waals surface area contributed by atoms with Gasteiger partial charge in [-0.1, -0.05) is 6.07 Å². The maximum absolute atomic E-state index is 11.1. The smallest absolute Gasteiger partial charge is 0.269 e. The van der Waals surface area contributed by atoms with Gasteiger partial charge in [0.15, 0.2) is 0 Å². The Morgan fingerprint density at radius 1 is 1.12 bits per heavy atom. The van der Waals surface area contributed by atoms with Gasteiger partial charge in [-0.15, -0.1) is 0 Å². The van der Waals surface area contributed by atoms with Gasteiger partial charge in [-0.05, 0) is 12.1 Å². The summed E-state index contributed by atoms with van der Waals surface area (Å²) >= 11 is 0. The van der Waals surface area contributed by atoms with Crippen LogP contribution in [0.15, 0.2) is 36.8 Å². The minimum atomic E-state index is -0.570. The lowest BCUT2D eigenvalue weighted by molar-refractivity contribution is 0.0994. The first-order chi connectivity index (χ1) is 7.77. The monoisotopic (exact) mass is 214 g/mol. The number of rotatable bonds is 3. The molecule has 2 rings (SSSR count). The van der Waals surface area contributed by atoms with Crippen LogP contribution in [0.4, 0.5) is 0 Å². The van der Waals surface area contributed by atoms with E-state index in [1.54, 1.807) is 6.20 Å². The highest BCUT2D eigenvalue weighted by atomic mass is 16.1. The molecule has 5 heteroatoms. The van der Waals surface area contributed by atoms with Gasteiger partial charge in [0.25, 0.3) is 5.91 Å². The SMILES string of the molecule is NC(=O)c1nccnc1Cc1ccccn1. The molecule has 0 fully saturated rings. The van der Waals surface area contributed by atoms with E-state index in [1.165, 1.54) is 12.4 Å². The van der Waals surface area contributed by atoms with Crippen LogP contribution in [0, 0.1) is 0 Å². The van der Waals surface area contributed by atoms with Crippen molar-refractivity contribution in [3.63, 3.8) is 0 Å². The molecule has 1 amide bonds. The number of nitrogens with zero attached hydrogens (tertiary/aromatic N) is 3. The summed E-state index contributed by atoms with van der Waals surface area (Å²) in [6.45, 7) is 0. The molecule has 0 saturated heterocycles. The van der Waals surface area contributed by atoms with Gasteiger partial charge in [0, 0.05) is 30.7 Å². The molecule has 0 bridgehead atoms. The third kappa shape index (κ3) is 2.20. The summed E-state index contributed by atoms with van der Waals surface area (Å²) in [5.41, 5.74) is 6.78. The van der Waals surface area contributed by atoms with E-state index in [4.69, 9.17) is 5.73 Å². The summed E-state index contributed by atoms with van der Waals surface area (Å²) in [5.74, 6) is -0.570. The largest absolute Gasteiger partial charge is 0.364 e. The van der Waals surface area contributed by atoms with Crippen LogP contribution in [0.5, 0.6) is 0 Å². The Labute approximate surface area is 92.4 Å². The third-order valence-electron chi connectivity index (χ3n) is 2.08. The molecule has 5 nitrogen and oxygen atoms in total. The summed E-state index contributed by atoms with van der Waals surface area (Å²) in [6, 6.07) is 5.57. The van der Waals surface area contributed by atoms with E-state index in [2.05, 4.69) is 15.0 Å². The molecule has 16 heavy (non-hydrogen) atoms. The molecule has 0 aliphatic heterocycles. The molecule has 0 unspecified atom stereocenters. The maximum Gasteiger partial charge on any atom is 0.269 e. The van der Waals surface area contributed by atoms with Crippen molar-refractivity contribution < 1.29 is 4.79 Å². The van der Waals surface area contributed by atoms with E-state index in [1.807, 2.05) is 18.2 Å². The van der Waals surface area contributed by atoms with Crippen molar-refractivity contribution >= 4 is 5.91 Å². The van der Waals surface area contributed by atoms with Crippen LogP contribution >= 0.6 is 0 Å². The first kappa shape index (κ1) is 10.2. The molecule has 2 N–H and O–H groups in total. The van der Waals surface area contributed by atoms with Gasteiger partial charge >= 0.3 is 0 Å². The second-order valence-electron chi connectivity index (χ2n) is 3.21. The standard InChI is InChI=1S/C11H10N4O/c12-11(16)10-9(14-5-6-15-10)7-8-3-1-2-4-13-8/h1-6H,7H2,(H2,12,16). The van der Waals surface area contributed by atoms with Gasteiger partial charge < -0.3 is 5.73 Å². The number of carbonyl (C=O) groups is 1. The second kappa shape index (κ2) is 4.48. The van der Waals surface area contributed by atoms with E-state index >= 15 is 0 Å². The fourth-order valence-electron chi connectivity index (χ4n) is 1.38. The first-order valence-corrected chi connectivity index (χ1v) is 4.77. The third-order valence-corrected chi connectivity index (χ3v) is 2.08. The predicted octanol–water partition coefficient (Wildman–Crippen LogP) is 0.561. The zero-order chi connectivity index (χ0) is 11.4. The number of hydrogen-bond donors (Lipinski definition) is 1. The van der Waals surface area contributed by atoms with Gasteiger partial charge in [-0.3, -0.25) is 14.8 Å². The molecule has 0 spiro atoms. The molecule has 0 atom stereocenters. The van der Waals surface area contributed by atoms with E-state index in [0.29, 0.717) is 12.1 Å². The van der Waals surface area contributed by atoms with Gasteiger partial charge in [-0.2, -0.15) is 0 Å². The minimum Gasteiger partial charge on any atom is -0.364 e. The molecule has 0 radical (unpaired) electrons. The average molecular weight is 214 g/mol. The Hall–Kier alpha value is -2.30. The van der Waals surface area contributed by atoms with Crippen LogP contribution in [0.3, 0.4) is 0 Å². The lowest BCUT2D eigenvalue weighted by Crippen LogP contribution is -2.17. The van der Waals surface area contributed by atoms with Gasteiger partial charge in [0.2, 0.25) is 0 Å². The lowest BCUT2D eigenvalue weighted by Gasteiger charge is -2.03. The Kier molecular flexibility index (Phi) is 2.86. The zero-order valence-corrected chi connectivity index (χ0v) is 8.50. The summed E-state index contributed by atoms with van der Waals surface area (Å²) in [6.07, 6.45) is 5.12. The number of aromatic nitrogens is 3. The molecule has 2 aromatic rings. The predicted molar refractivity (Wildman–Crippen MR) is 57.6 cm³/mol. The fourth-order valence-corrected chi connectivity index (χ4v) is 1.38. The van der Waals surface area contributed by atoms with Crippen LogP contribution in [0.2, 0.25) is 0 Å². The number of amides is 1. The Morgan fingerprint density at radius 3 is 2.62 bits per heavy atom. The molecule has 80 valence electrons. The average Bonchev–Trinajstić information content (AvgIpc) is 2.31. The number of nitrogens with two attached hydrogens (primary N) is 1. The zero-order valence-electron chi connectivity index (χ0n) is 8.50. The Morgan fingerprint density at radius 2 is 1.94 bits per heavy atom. The van der Waals surface area contributed by atoms with E-state index in [9.17, 15) is 4.79 Å². The second-order valence-corrected chi connectivity index (χ2v) is 3.21. The van der Waals surface area contributed by atoms with Crippen molar-refractivity contribution in [2.24, 2.45) is 5.73 Å². The van der Waals surface area contributed by atoms with Crippen molar-refractivity contribution in [1.82, 2.24) is 15.0 Å². The number of carbonyl (C=O) groups excluding carboxylic acids is 1. The van der Waals surface area contributed by atoms with Crippen molar-refractivity contribution in [2.75, 3.05) is 0 Å². The van der Waals surface area contributed by atoms with Crippen molar-refractivity contribution in [2.45, 2.75) is 6.42 Å². The quantitative estimate of drug-likeness (QED) is 0.809. The molecule has 0 aliphatic carbocycles. The van der Waals surface area contributed by atoms with Crippen LogP contribution in [0.25, 0.3) is 0 Å². The van der Waals surface area contributed by atoms with E-state index in [-0.39, 0.29) is 5.69 Å². The van der Waals surface area contributed by atoms with Crippen LogP contribution in [-0.2, 0) is 6.42 Å². The molecule has 2 heterocycles. The Balaban J connectivity index is 2.31. The normalized spacial score (nSPS) is 10.0. The van der Waals surface area contributed by atoms with Crippen molar-refractivity contribution in [1.29, 1.82) is 0 Å². The summed E-state index contributed by atoms with van der Waals surface area (Å²) < 4.78 is 0. The Bertz CT molecular complexity index is 498. The van der Waals surface area contributed by atoms with Gasteiger partial charge in [-0.25, -0.2) is 4.98 Å². The summed E-state index contributed by atoms with van der Waals surface area (Å²) in [5, 5.41) is 0. The van der Waals surface area contributed by atoms with Crippen LogP contribution < -0.4 is 5.73 Å². The fraction of sp³-hybridized carbons (Fsp3) is 0.0909. The van der Waals surface area contributed by atoms with Gasteiger partial charge in [0.05, 0.1) is 5.69 Å². The molecular weight excluding hydrogens is 204 g/mol. The van der Waals surface area contributed by atoms with Crippen molar-refractivity contribution in [3.05, 3.63) is 53.9 Å². The van der Waals surface area contributed by atoms with Gasteiger partial charge in [0.1, 0.15) is 5.69 Å². The van der Waals surface area contributed by atoms with Crippen LogP contribution in [-0.4, -0.2) is 20.9 Å². The summed E-state index contributed by atoms with van der Waals surface area (Å²) in [4.78, 5) is 23.3. The van der Waals surface area contributed by atoms with Crippen LogP contribution in [0.1, 0.15) is 21.9 Å². The molecule has 0 saturated carbocycles.